The number of alkyl halides is 1. The van der Waals surface area contributed by atoms with Crippen LogP contribution in [-0.4, -0.2) is 17.8 Å². The molecule has 5 heteroatoms. The minimum Gasteiger partial charge on any atom is -0.351 e. The highest BCUT2D eigenvalue weighted by molar-refractivity contribution is 9.10. The number of halogens is 3. The highest BCUT2D eigenvalue weighted by Gasteiger charge is 2.19. The summed E-state index contributed by atoms with van der Waals surface area (Å²) in [6, 6.07) is 4.42. The van der Waals surface area contributed by atoms with Gasteiger partial charge < -0.3 is 5.32 Å². The lowest BCUT2D eigenvalue weighted by atomic mass is 9.90. The normalized spacial score (nSPS) is 11.4. The lowest BCUT2D eigenvalue weighted by molar-refractivity contribution is 0.0932. The first-order chi connectivity index (χ1) is 8.35. The average Bonchev–Trinajstić information content (AvgIpc) is 2.26. The fourth-order valence-electron chi connectivity index (χ4n) is 1.43. The zero-order chi connectivity index (χ0) is 13.8. The van der Waals surface area contributed by atoms with Crippen molar-refractivity contribution in [1.82, 2.24) is 5.32 Å². The van der Waals surface area contributed by atoms with E-state index in [9.17, 15) is 9.18 Å². The van der Waals surface area contributed by atoms with Crippen LogP contribution in [0.5, 0.6) is 0 Å². The Balaban J connectivity index is 2.66. The van der Waals surface area contributed by atoms with Crippen LogP contribution in [0.1, 0.15) is 30.6 Å². The molecule has 0 bridgehead atoms. The Labute approximate surface area is 124 Å². The van der Waals surface area contributed by atoms with E-state index < -0.39 is 5.82 Å². The van der Waals surface area contributed by atoms with Crippen molar-refractivity contribution in [3.8, 4) is 0 Å². The molecule has 1 amide bonds. The molecule has 1 aromatic rings. The monoisotopic (exact) mass is 379 g/mol. The predicted molar refractivity (Wildman–Crippen MR) is 78.6 cm³/mol. The Hall–Kier alpha value is -0.420. The van der Waals surface area contributed by atoms with E-state index in [0.717, 1.165) is 11.8 Å². The van der Waals surface area contributed by atoms with Crippen LogP contribution in [0.3, 0.4) is 0 Å². The lowest BCUT2D eigenvalue weighted by Gasteiger charge is -2.23. The van der Waals surface area contributed by atoms with Crippen molar-refractivity contribution in [2.75, 3.05) is 11.9 Å². The zero-order valence-electron chi connectivity index (χ0n) is 10.4. The molecule has 2 nitrogen and oxygen atoms in total. The lowest BCUT2D eigenvalue weighted by Crippen LogP contribution is -2.34. The summed E-state index contributed by atoms with van der Waals surface area (Å²) in [6.45, 7) is 4.64. The van der Waals surface area contributed by atoms with Gasteiger partial charge in [-0.2, -0.15) is 0 Å². The van der Waals surface area contributed by atoms with Gasteiger partial charge >= 0.3 is 0 Å². The molecule has 1 N–H and O–H groups in total. The Kier molecular flexibility index (Phi) is 5.79. The van der Waals surface area contributed by atoms with Gasteiger partial charge in [-0.3, -0.25) is 4.79 Å². The first-order valence-corrected chi connectivity index (χ1v) is 7.56. The van der Waals surface area contributed by atoms with Crippen molar-refractivity contribution in [2.24, 2.45) is 5.41 Å². The molecule has 0 aliphatic heterocycles. The topological polar surface area (TPSA) is 29.1 Å². The Morgan fingerprint density at radius 3 is 2.67 bits per heavy atom. The van der Waals surface area contributed by atoms with Crippen LogP contribution in [0.2, 0.25) is 0 Å². The molecule has 0 fully saturated rings. The van der Waals surface area contributed by atoms with Gasteiger partial charge in [0.05, 0.1) is 5.56 Å². The highest BCUT2D eigenvalue weighted by atomic mass is 79.9. The van der Waals surface area contributed by atoms with Gasteiger partial charge in [-0.1, -0.05) is 45.7 Å². The predicted octanol–water partition coefficient (Wildman–Crippen LogP) is 4.13. The summed E-state index contributed by atoms with van der Waals surface area (Å²) in [4.78, 5) is 11.8. The van der Waals surface area contributed by atoms with E-state index in [2.05, 4.69) is 51.0 Å². The molecule has 0 aliphatic rings. The second-order valence-electron chi connectivity index (χ2n) is 4.91. The SMILES string of the molecule is CC(C)(CCBr)CNC(=O)c1ccc(Br)cc1F. The molecule has 0 saturated heterocycles. The van der Waals surface area contributed by atoms with Crippen LogP contribution in [0.4, 0.5) is 4.39 Å². The van der Waals surface area contributed by atoms with E-state index in [0.29, 0.717) is 11.0 Å². The van der Waals surface area contributed by atoms with Crippen LogP contribution in [-0.2, 0) is 0 Å². The second-order valence-corrected chi connectivity index (χ2v) is 6.62. The zero-order valence-corrected chi connectivity index (χ0v) is 13.6. The van der Waals surface area contributed by atoms with E-state index >= 15 is 0 Å². The average molecular weight is 381 g/mol. The quantitative estimate of drug-likeness (QED) is 0.764. The number of hydrogen-bond donors (Lipinski definition) is 1. The van der Waals surface area contributed by atoms with E-state index in [1.165, 1.54) is 12.1 Å². The van der Waals surface area contributed by atoms with Gasteiger partial charge in [0.25, 0.3) is 5.91 Å². The number of carbonyl (C=O) groups excluding carboxylic acids is 1. The van der Waals surface area contributed by atoms with E-state index in [4.69, 9.17) is 0 Å². The van der Waals surface area contributed by atoms with Crippen molar-refractivity contribution in [1.29, 1.82) is 0 Å². The van der Waals surface area contributed by atoms with Gasteiger partial charge in [0, 0.05) is 16.3 Å². The number of amides is 1. The van der Waals surface area contributed by atoms with Crippen LogP contribution in [0, 0.1) is 11.2 Å². The van der Waals surface area contributed by atoms with Crippen molar-refractivity contribution in [3.63, 3.8) is 0 Å². The Morgan fingerprint density at radius 1 is 1.44 bits per heavy atom. The number of carbonyl (C=O) groups is 1. The second kappa shape index (κ2) is 6.66. The molecule has 100 valence electrons. The van der Waals surface area contributed by atoms with Gasteiger partial charge in [-0.05, 0) is 30.0 Å². The molecule has 0 atom stereocenters. The molecular weight excluding hydrogens is 365 g/mol. The first kappa shape index (κ1) is 15.6. The van der Waals surface area contributed by atoms with Crippen LogP contribution in [0.25, 0.3) is 0 Å². The van der Waals surface area contributed by atoms with Gasteiger partial charge in [-0.15, -0.1) is 0 Å². The molecule has 0 radical (unpaired) electrons. The van der Waals surface area contributed by atoms with Crippen LogP contribution in [0.15, 0.2) is 22.7 Å². The third-order valence-corrected chi connectivity index (χ3v) is 3.56. The Morgan fingerprint density at radius 2 is 2.11 bits per heavy atom. The molecule has 1 rings (SSSR count). The third kappa shape index (κ3) is 4.69. The summed E-state index contributed by atoms with van der Waals surface area (Å²) in [5, 5.41) is 3.65. The molecule has 0 unspecified atom stereocenters. The largest absolute Gasteiger partial charge is 0.351 e. The number of rotatable bonds is 5. The van der Waals surface area contributed by atoms with Gasteiger partial charge in [0.1, 0.15) is 5.82 Å². The van der Waals surface area contributed by atoms with Crippen molar-refractivity contribution < 1.29 is 9.18 Å². The van der Waals surface area contributed by atoms with Crippen molar-refractivity contribution >= 4 is 37.8 Å². The molecular formula is C13H16Br2FNO. The van der Waals surface area contributed by atoms with Crippen LogP contribution >= 0.6 is 31.9 Å². The maximum atomic E-state index is 13.6. The molecule has 0 aliphatic carbocycles. The summed E-state index contributed by atoms with van der Waals surface area (Å²) >= 11 is 6.54. The summed E-state index contributed by atoms with van der Waals surface area (Å²) < 4.78 is 14.2. The highest BCUT2D eigenvalue weighted by Crippen LogP contribution is 2.20. The minimum absolute atomic E-state index is 0.00893. The summed E-state index contributed by atoms with van der Waals surface area (Å²) in [6.07, 6.45) is 0.941. The van der Waals surface area contributed by atoms with Gasteiger partial charge in [0.15, 0.2) is 0 Å². The fraction of sp³-hybridized carbons (Fsp3) is 0.462. The molecule has 1 aromatic carbocycles. The van der Waals surface area contributed by atoms with Gasteiger partial charge in [-0.25, -0.2) is 4.39 Å². The van der Waals surface area contributed by atoms with Gasteiger partial charge in [0.2, 0.25) is 0 Å². The third-order valence-electron chi connectivity index (χ3n) is 2.67. The smallest absolute Gasteiger partial charge is 0.254 e. The van der Waals surface area contributed by atoms with Crippen molar-refractivity contribution in [2.45, 2.75) is 20.3 Å². The maximum absolute atomic E-state index is 13.6. The summed E-state index contributed by atoms with van der Waals surface area (Å²) in [5.41, 5.74) is 0.0678. The molecule has 0 heterocycles. The van der Waals surface area contributed by atoms with E-state index in [-0.39, 0.29) is 16.9 Å². The molecule has 0 spiro atoms. The Bertz CT molecular complexity index is 435. The van der Waals surface area contributed by atoms with E-state index in [1.54, 1.807) is 6.07 Å². The van der Waals surface area contributed by atoms with Crippen LogP contribution < -0.4 is 5.32 Å². The first-order valence-electron chi connectivity index (χ1n) is 5.65. The number of hydrogen-bond acceptors (Lipinski definition) is 1. The fourth-order valence-corrected chi connectivity index (χ4v) is 2.84. The molecule has 0 saturated carbocycles. The van der Waals surface area contributed by atoms with E-state index in [1.807, 2.05) is 0 Å². The molecule has 18 heavy (non-hydrogen) atoms. The number of nitrogens with one attached hydrogen (secondary N) is 1. The number of benzene rings is 1. The molecule has 0 aromatic heterocycles. The minimum atomic E-state index is -0.514. The van der Waals surface area contributed by atoms with Crippen molar-refractivity contribution in [3.05, 3.63) is 34.1 Å². The summed E-state index contributed by atoms with van der Waals surface area (Å²) in [5.74, 6) is -0.886. The summed E-state index contributed by atoms with van der Waals surface area (Å²) in [7, 11) is 0. The maximum Gasteiger partial charge on any atom is 0.254 e. The standard InChI is InChI=1S/C13H16Br2FNO/c1-13(2,5-6-14)8-17-12(18)10-4-3-9(15)7-11(10)16/h3-4,7H,5-6,8H2,1-2H3,(H,17,18).